The molecule has 0 bridgehead atoms. The van der Waals surface area contributed by atoms with E-state index in [0.717, 1.165) is 15.6 Å². The monoisotopic (exact) mass is 723 g/mol. The number of sulfone groups is 1. The smallest absolute Gasteiger partial charge is 0.320 e. The van der Waals surface area contributed by atoms with Gasteiger partial charge in [0.2, 0.25) is 0 Å². The molecule has 0 saturated carbocycles. The number of carbonyl (C=O) groups is 2. The molecule has 246 valence electrons. The van der Waals surface area contributed by atoms with Crippen molar-refractivity contribution in [3.05, 3.63) is 101 Å². The van der Waals surface area contributed by atoms with E-state index in [1.807, 2.05) is 61.1 Å². The Morgan fingerprint density at radius 2 is 1.91 bits per heavy atom. The van der Waals surface area contributed by atoms with Gasteiger partial charge in [-0.15, -0.1) is 0 Å². The van der Waals surface area contributed by atoms with Gasteiger partial charge in [-0.25, -0.2) is 12.8 Å². The number of ether oxygens (including phenoxy) is 2. The molecule has 1 N–H and O–H groups in total. The van der Waals surface area contributed by atoms with Crippen LogP contribution < -0.4 is 4.74 Å². The first-order valence-electron chi connectivity index (χ1n) is 15.0. The van der Waals surface area contributed by atoms with Crippen LogP contribution in [0.1, 0.15) is 55.1 Å². The van der Waals surface area contributed by atoms with Crippen molar-refractivity contribution in [2.45, 2.75) is 39.2 Å². The topological polar surface area (TPSA) is 120 Å². The number of rotatable bonds is 14. The van der Waals surface area contributed by atoms with Gasteiger partial charge in [0.1, 0.15) is 11.5 Å². The minimum atomic E-state index is -3.62. The number of aromatic nitrogens is 3. The number of hydrogen-bond donors (Lipinski definition) is 1. The van der Waals surface area contributed by atoms with Crippen molar-refractivity contribution in [3.8, 4) is 22.8 Å². The summed E-state index contributed by atoms with van der Waals surface area (Å²) < 4.78 is 53.4. The fourth-order valence-corrected chi connectivity index (χ4v) is 8.13. The van der Waals surface area contributed by atoms with E-state index in [4.69, 9.17) is 9.84 Å². The predicted molar refractivity (Wildman–Crippen MR) is 182 cm³/mol. The fraction of sp³-hybridized carbons (Fsp3) is 0.286. The molecule has 0 aliphatic rings. The number of fused-ring (bicyclic) bond motifs is 1. The molecule has 1 unspecified atom stereocenters. The van der Waals surface area contributed by atoms with Crippen LogP contribution in [-0.2, 0) is 19.4 Å². The van der Waals surface area contributed by atoms with Crippen LogP contribution in [0.15, 0.2) is 83.6 Å². The first-order chi connectivity index (χ1) is 22.4. The molecule has 0 spiro atoms. The average molecular weight is 725 g/mol. The van der Waals surface area contributed by atoms with E-state index < -0.39 is 32.8 Å². The third kappa shape index (κ3) is 8.36. The summed E-state index contributed by atoms with van der Waals surface area (Å²) >= 11 is 3.57. The molecule has 5 rings (SSSR count). The normalized spacial score (nSPS) is 12.6. The summed E-state index contributed by atoms with van der Waals surface area (Å²) in [7, 11) is -2.45. The molecule has 0 aliphatic heterocycles. The lowest BCUT2D eigenvalue weighted by atomic mass is 9.88. The van der Waals surface area contributed by atoms with E-state index >= 15 is 0 Å². The average Bonchev–Trinajstić information content (AvgIpc) is 3.69. The number of nitrogens with one attached hydrogen (secondary N) is 1. The molecule has 2 heterocycles. The van der Waals surface area contributed by atoms with Crippen molar-refractivity contribution in [2.24, 2.45) is 5.41 Å². The van der Waals surface area contributed by atoms with Crippen LogP contribution in [0, 0.1) is 11.2 Å². The van der Waals surface area contributed by atoms with Gasteiger partial charge in [0.15, 0.2) is 27.7 Å². The number of nitrogens with zero attached hydrogens (tertiary/aromatic N) is 2. The Bertz CT molecular complexity index is 2020. The molecule has 0 amide bonds. The van der Waals surface area contributed by atoms with Gasteiger partial charge in [0, 0.05) is 39.4 Å². The number of H-pyrrole nitrogens is 1. The quantitative estimate of drug-likeness (QED) is 0.0913. The van der Waals surface area contributed by atoms with Crippen LogP contribution in [0.2, 0.25) is 0 Å². The SMILES string of the molecule is COC(=O)CS(=O)(=O)CC(C)(C)CCCC(c1cccc(Br)c1)n1ccc(-c2cccc(Oc3c(F)cc4[nH]ccc4c3C=O)c2)n1. The number of aromatic amines is 1. The highest BCUT2D eigenvalue weighted by Gasteiger charge is 2.29. The van der Waals surface area contributed by atoms with E-state index in [2.05, 4.69) is 25.7 Å². The number of carbonyl (C=O) groups excluding carboxylic acids is 2. The van der Waals surface area contributed by atoms with E-state index in [9.17, 15) is 22.4 Å². The first kappa shape index (κ1) is 34.1. The Balaban J connectivity index is 1.36. The molecule has 0 fully saturated rings. The maximum atomic E-state index is 15.0. The van der Waals surface area contributed by atoms with Gasteiger partial charge >= 0.3 is 5.97 Å². The van der Waals surface area contributed by atoms with Crippen LogP contribution in [0.25, 0.3) is 22.2 Å². The minimum Gasteiger partial charge on any atom is -0.468 e. The van der Waals surface area contributed by atoms with Crippen LogP contribution in [0.3, 0.4) is 0 Å². The van der Waals surface area contributed by atoms with Gasteiger partial charge in [0.05, 0.1) is 30.2 Å². The lowest BCUT2D eigenvalue weighted by Crippen LogP contribution is -2.29. The molecule has 47 heavy (non-hydrogen) atoms. The van der Waals surface area contributed by atoms with E-state index in [0.29, 0.717) is 47.9 Å². The summed E-state index contributed by atoms with van der Waals surface area (Å²) in [6, 6.07) is 19.8. The van der Waals surface area contributed by atoms with Gasteiger partial charge in [0.25, 0.3) is 0 Å². The number of esters is 1. The molecular formula is C35H35BrFN3O6S. The molecule has 5 aromatic rings. The van der Waals surface area contributed by atoms with Crippen LogP contribution in [0.5, 0.6) is 11.5 Å². The van der Waals surface area contributed by atoms with Crippen molar-refractivity contribution in [2.75, 3.05) is 18.6 Å². The summed E-state index contributed by atoms with van der Waals surface area (Å²) in [5.74, 6) is -1.98. The number of aldehydes is 1. The lowest BCUT2D eigenvalue weighted by molar-refractivity contribution is -0.137. The third-order valence-electron chi connectivity index (χ3n) is 7.94. The largest absolute Gasteiger partial charge is 0.468 e. The predicted octanol–water partition coefficient (Wildman–Crippen LogP) is 7.91. The molecule has 2 aromatic heterocycles. The third-order valence-corrected chi connectivity index (χ3v) is 10.3. The van der Waals surface area contributed by atoms with Crippen molar-refractivity contribution < 1.29 is 31.9 Å². The molecule has 9 nitrogen and oxygen atoms in total. The van der Waals surface area contributed by atoms with Crippen molar-refractivity contribution >= 4 is 48.9 Å². The second-order valence-corrected chi connectivity index (χ2v) is 15.2. The van der Waals surface area contributed by atoms with Gasteiger partial charge < -0.3 is 14.5 Å². The summed E-state index contributed by atoms with van der Waals surface area (Å²) in [6.45, 7) is 3.77. The fourth-order valence-electron chi connectivity index (χ4n) is 5.80. The van der Waals surface area contributed by atoms with Crippen LogP contribution in [0.4, 0.5) is 4.39 Å². The van der Waals surface area contributed by atoms with Crippen molar-refractivity contribution in [1.82, 2.24) is 14.8 Å². The lowest BCUT2D eigenvalue weighted by Gasteiger charge is -2.26. The first-order valence-corrected chi connectivity index (χ1v) is 17.6. The highest BCUT2D eigenvalue weighted by atomic mass is 79.9. The Kier molecular flexibility index (Phi) is 10.3. The van der Waals surface area contributed by atoms with Gasteiger partial charge in [-0.05, 0) is 60.2 Å². The molecule has 0 radical (unpaired) electrons. The van der Waals surface area contributed by atoms with Gasteiger partial charge in [-0.3, -0.25) is 14.3 Å². The number of methoxy groups -OCH3 is 1. The van der Waals surface area contributed by atoms with Crippen molar-refractivity contribution in [3.63, 3.8) is 0 Å². The standard InChI is InChI=1S/C35H35BrFN3O6S/c1-35(2,22-47(43,44)21-33(42)45-3)14-6-11-32(24-8-4-9-25(36)17-24)40-16-13-30(39-40)23-7-5-10-26(18-23)46-34-28(20-41)27-12-15-38-31(27)19-29(34)37/h4-5,7-10,12-13,15-20,32,38H,6,11,14,21-22H2,1-3H3. The van der Waals surface area contributed by atoms with Gasteiger partial charge in [-0.1, -0.05) is 60.5 Å². The number of halogens is 2. The minimum absolute atomic E-state index is 0.122. The highest BCUT2D eigenvalue weighted by molar-refractivity contribution is 9.10. The Labute approximate surface area is 281 Å². The number of benzene rings is 3. The molecule has 3 aromatic carbocycles. The zero-order valence-corrected chi connectivity index (χ0v) is 28.6. The Morgan fingerprint density at radius 1 is 1.13 bits per heavy atom. The summed E-state index contributed by atoms with van der Waals surface area (Å²) in [6.07, 6.45) is 6.11. The molecule has 12 heteroatoms. The summed E-state index contributed by atoms with van der Waals surface area (Å²) in [5.41, 5.74) is 2.50. The van der Waals surface area contributed by atoms with Crippen molar-refractivity contribution in [1.29, 1.82) is 0 Å². The molecule has 1 atom stereocenters. The second-order valence-electron chi connectivity index (χ2n) is 12.2. The zero-order chi connectivity index (χ0) is 33.8. The molecule has 0 aliphatic carbocycles. The Morgan fingerprint density at radius 3 is 2.66 bits per heavy atom. The van der Waals surface area contributed by atoms with E-state index in [1.54, 1.807) is 30.5 Å². The molecule has 0 saturated heterocycles. The summed E-state index contributed by atoms with van der Waals surface area (Å²) in [4.78, 5) is 26.4. The van der Waals surface area contributed by atoms with Gasteiger partial charge in [-0.2, -0.15) is 5.10 Å². The highest BCUT2D eigenvalue weighted by Crippen LogP contribution is 2.35. The van der Waals surface area contributed by atoms with E-state index in [-0.39, 0.29) is 23.1 Å². The van der Waals surface area contributed by atoms with Crippen LogP contribution >= 0.6 is 15.9 Å². The Hall–Kier alpha value is -4.29. The zero-order valence-electron chi connectivity index (χ0n) is 26.2. The van der Waals surface area contributed by atoms with Crippen LogP contribution in [-0.4, -0.2) is 54.1 Å². The summed E-state index contributed by atoms with van der Waals surface area (Å²) in [5, 5.41) is 5.47. The van der Waals surface area contributed by atoms with E-state index in [1.165, 1.54) is 13.2 Å². The maximum absolute atomic E-state index is 15.0. The second kappa shape index (κ2) is 14.2. The molecular weight excluding hydrogens is 689 g/mol. The number of hydrogen-bond acceptors (Lipinski definition) is 7. The maximum Gasteiger partial charge on any atom is 0.320 e.